The summed E-state index contributed by atoms with van der Waals surface area (Å²) in [5, 5.41) is 3.44. The maximum Gasteiger partial charge on any atom is 0.322 e. The van der Waals surface area contributed by atoms with Crippen molar-refractivity contribution in [3.05, 3.63) is 35.5 Å². The van der Waals surface area contributed by atoms with Crippen molar-refractivity contribution in [1.29, 1.82) is 0 Å². The van der Waals surface area contributed by atoms with E-state index in [1.807, 2.05) is 12.3 Å². The summed E-state index contributed by atoms with van der Waals surface area (Å²) >= 11 is 6.05. The predicted molar refractivity (Wildman–Crippen MR) is 114 cm³/mol. The van der Waals surface area contributed by atoms with Crippen LogP contribution in [-0.2, 0) is 0 Å². The van der Waals surface area contributed by atoms with Gasteiger partial charge in [-0.25, -0.2) is 9.78 Å². The molecule has 3 heterocycles. The number of hydrogen-bond acceptors (Lipinski definition) is 6. The minimum atomic E-state index is -0.161. The number of carbonyl (C=O) groups excluding carboxylic acids is 1. The van der Waals surface area contributed by atoms with Gasteiger partial charge in [-0.2, -0.15) is 4.98 Å². The number of carbonyl (C=O) groups is 1. The fourth-order valence-corrected chi connectivity index (χ4v) is 3.87. The van der Waals surface area contributed by atoms with E-state index in [0.29, 0.717) is 29.5 Å². The van der Waals surface area contributed by atoms with Crippen LogP contribution in [0.1, 0.15) is 12.8 Å². The molecule has 1 N–H and O–H groups in total. The Balaban J connectivity index is 1.36. The van der Waals surface area contributed by atoms with Crippen molar-refractivity contribution in [2.24, 2.45) is 0 Å². The molecular formula is C20H25ClN6O2. The second kappa shape index (κ2) is 8.73. The highest BCUT2D eigenvalue weighted by molar-refractivity contribution is 6.31. The summed E-state index contributed by atoms with van der Waals surface area (Å²) in [6.45, 7) is 4.69. The highest BCUT2D eigenvalue weighted by atomic mass is 35.5. The number of urea groups is 1. The van der Waals surface area contributed by atoms with Crippen molar-refractivity contribution in [1.82, 2.24) is 14.9 Å². The Morgan fingerprint density at radius 1 is 1.07 bits per heavy atom. The Morgan fingerprint density at radius 3 is 2.55 bits per heavy atom. The molecule has 8 nitrogen and oxygen atoms in total. The maximum absolute atomic E-state index is 12.7. The van der Waals surface area contributed by atoms with E-state index in [2.05, 4.69) is 20.1 Å². The van der Waals surface area contributed by atoms with E-state index in [0.717, 1.165) is 37.9 Å². The Hall–Kier alpha value is -2.74. The molecule has 1 aromatic carbocycles. The van der Waals surface area contributed by atoms with Crippen molar-refractivity contribution < 1.29 is 9.53 Å². The third-order valence-corrected chi connectivity index (χ3v) is 5.55. The maximum atomic E-state index is 12.7. The average molecular weight is 417 g/mol. The van der Waals surface area contributed by atoms with Gasteiger partial charge in [-0.1, -0.05) is 11.6 Å². The van der Waals surface area contributed by atoms with Crippen molar-refractivity contribution >= 4 is 35.1 Å². The van der Waals surface area contributed by atoms with Gasteiger partial charge in [0.05, 0.1) is 12.8 Å². The molecule has 2 saturated heterocycles. The molecule has 2 fully saturated rings. The fourth-order valence-electron chi connectivity index (χ4n) is 3.70. The minimum absolute atomic E-state index is 0.161. The lowest BCUT2D eigenvalue weighted by atomic mass is 10.3. The molecule has 2 aromatic rings. The number of ether oxygens (including phenoxy) is 1. The first-order valence-corrected chi connectivity index (χ1v) is 10.2. The molecule has 0 atom stereocenters. The molecule has 2 aliphatic rings. The second-order valence-corrected chi connectivity index (χ2v) is 7.59. The Morgan fingerprint density at radius 2 is 1.83 bits per heavy atom. The number of rotatable bonds is 4. The average Bonchev–Trinajstić information content (AvgIpc) is 3.29. The van der Waals surface area contributed by atoms with Gasteiger partial charge in [-0.15, -0.1) is 0 Å². The standard InChI is InChI=1S/C20H25ClN6O2/c1-29-17-5-4-15(21)14-16(17)23-20(28)27-12-10-25(11-13-27)18-6-7-22-19(24-18)26-8-2-3-9-26/h4-7,14H,2-3,8-13H2,1H3,(H,23,28). The number of aromatic nitrogens is 2. The highest BCUT2D eigenvalue weighted by Gasteiger charge is 2.24. The van der Waals surface area contributed by atoms with Crippen molar-refractivity contribution in [3.8, 4) is 5.75 Å². The fraction of sp³-hybridized carbons (Fsp3) is 0.450. The van der Waals surface area contributed by atoms with Crippen molar-refractivity contribution in [2.75, 3.05) is 61.5 Å². The van der Waals surface area contributed by atoms with Crippen molar-refractivity contribution in [2.45, 2.75) is 12.8 Å². The van der Waals surface area contributed by atoms with Gasteiger partial charge in [-0.3, -0.25) is 0 Å². The van der Waals surface area contributed by atoms with Gasteiger partial charge in [0, 0.05) is 50.5 Å². The topological polar surface area (TPSA) is 73.8 Å². The van der Waals surface area contributed by atoms with Gasteiger partial charge >= 0.3 is 6.03 Å². The predicted octanol–water partition coefficient (Wildman–Crippen LogP) is 3.09. The van der Waals surface area contributed by atoms with Crippen LogP contribution in [0.2, 0.25) is 5.02 Å². The number of amides is 2. The van der Waals surface area contributed by atoms with Crippen LogP contribution in [0.3, 0.4) is 0 Å². The summed E-state index contributed by atoms with van der Waals surface area (Å²) in [7, 11) is 1.57. The number of benzene rings is 1. The summed E-state index contributed by atoms with van der Waals surface area (Å²) in [6, 6.07) is 6.93. The van der Waals surface area contributed by atoms with Crippen LogP contribution in [0.25, 0.3) is 0 Å². The zero-order valence-corrected chi connectivity index (χ0v) is 17.2. The molecule has 9 heteroatoms. The third-order valence-electron chi connectivity index (χ3n) is 5.31. The van der Waals surface area contributed by atoms with Crippen LogP contribution >= 0.6 is 11.6 Å². The summed E-state index contributed by atoms with van der Waals surface area (Å²) in [5.74, 6) is 2.29. The van der Waals surface area contributed by atoms with Gasteiger partial charge in [0.25, 0.3) is 0 Å². The van der Waals surface area contributed by atoms with Crippen molar-refractivity contribution in [3.63, 3.8) is 0 Å². The number of piperazine rings is 1. The molecule has 154 valence electrons. The molecule has 1 aromatic heterocycles. The quantitative estimate of drug-likeness (QED) is 0.825. The van der Waals surface area contributed by atoms with Gasteiger partial charge in [-0.05, 0) is 37.1 Å². The highest BCUT2D eigenvalue weighted by Crippen LogP contribution is 2.28. The van der Waals surface area contributed by atoms with Gasteiger partial charge in [0.15, 0.2) is 0 Å². The summed E-state index contributed by atoms with van der Waals surface area (Å²) in [6.07, 6.45) is 4.21. The molecule has 2 amide bonds. The van der Waals surface area contributed by atoms with Gasteiger partial charge in [0.2, 0.25) is 5.95 Å². The Kier molecular flexibility index (Phi) is 5.89. The van der Waals surface area contributed by atoms with Crippen LogP contribution in [0.15, 0.2) is 30.5 Å². The molecule has 0 bridgehead atoms. The summed E-state index contributed by atoms with van der Waals surface area (Å²) < 4.78 is 5.30. The van der Waals surface area contributed by atoms with Gasteiger partial charge < -0.3 is 24.8 Å². The van der Waals surface area contributed by atoms with Crippen LogP contribution in [0.4, 0.5) is 22.2 Å². The number of methoxy groups -OCH3 is 1. The van der Waals surface area contributed by atoms with Crippen LogP contribution < -0.4 is 19.9 Å². The van der Waals surface area contributed by atoms with Crippen LogP contribution in [0, 0.1) is 0 Å². The Bertz CT molecular complexity index is 866. The lowest BCUT2D eigenvalue weighted by Crippen LogP contribution is -2.50. The molecule has 0 aliphatic carbocycles. The van der Waals surface area contributed by atoms with E-state index >= 15 is 0 Å². The smallest absolute Gasteiger partial charge is 0.322 e. The molecule has 29 heavy (non-hydrogen) atoms. The third kappa shape index (κ3) is 4.48. The largest absolute Gasteiger partial charge is 0.495 e. The molecule has 4 rings (SSSR count). The molecule has 0 radical (unpaired) electrons. The van der Waals surface area contributed by atoms with E-state index in [-0.39, 0.29) is 6.03 Å². The normalized spacial score (nSPS) is 16.8. The van der Waals surface area contributed by atoms with Crippen LogP contribution in [-0.4, -0.2) is 67.3 Å². The van der Waals surface area contributed by atoms with E-state index in [9.17, 15) is 4.79 Å². The SMILES string of the molecule is COc1ccc(Cl)cc1NC(=O)N1CCN(c2ccnc(N3CCCC3)n2)CC1. The lowest BCUT2D eigenvalue weighted by Gasteiger charge is -2.35. The van der Waals surface area contributed by atoms with E-state index < -0.39 is 0 Å². The van der Waals surface area contributed by atoms with E-state index in [1.165, 1.54) is 12.8 Å². The molecule has 0 unspecified atom stereocenters. The van der Waals surface area contributed by atoms with Crippen LogP contribution in [0.5, 0.6) is 5.75 Å². The first kappa shape index (κ1) is 19.6. The molecular weight excluding hydrogens is 392 g/mol. The first-order valence-electron chi connectivity index (χ1n) is 9.86. The zero-order chi connectivity index (χ0) is 20.2. The molecule has 0 spiro atoms. The van der Waals surface area contributed by atoms with Gasteiger partial charge in [0.1, 0.15) is 11.6 Å². The molecule has 2 aliphatic heterocycles. The summed E-state index contributed by atoms with van der Waals surface area (Å²) in [4.78, 5) is 28.1. The number of nitrogens with one attached hydrogen (secondary N) is 1. The lowest BCUT2D eigenvalue weighted by molar-refractivity contribution is 0.208. The number of hydrogen-bond donors (Lipinski definition) is 1. The minimum Gasteiger partial charge on any atom is -0.495 e. The monoisotopic (exact) mass is 416 g/mol. The summed E-state index contributed by atoms with van der Waals surface area (Å²) in [5.41, 5.74) is 0.568. The number of anilines is 3. The second-order valence-electron chi connectivity index (χ2n) is 7.16. The zero-order valence-electron chi connectivity index (χ0n) is 16.5. The Labute approximate surface area is 175 Å². The first-order chi connectivity index (χ1) is 14.1. The number of halogens is 1. The number of nitrogens with zero attached hydrogens (tertiary/aromatic N) is 5. The molecule has 0 saturated carbocycles. The van der Waals surface area contributed by atoms with E-state index in [1.54, 1.807) is 30.2 Å². The van der Waals surface area contributed by atoms with E-state index in [4.69, 9.17) is 21.3 Å².